The highest BCUT2D eigenvalue weighted by Crippen LogP contribution is 2.08. The van der Waals surface area contributed by atoms with E-state index in [1.54, 1.807) is 13.2 Å². The molecular weight excluding hydrogens is 342 g/mol. The molecule has 1 atom stereocenters. The van der Waals surface area contributed by atoms with Crippen LogP contribution >= 0.6 is 0 Å². The van der Waals surface area contributed by atoms with Gasteiger partial charge in [-0.05, 0) is 24.0 Å². The third kappa shape index (κ3) is 6.69. The Kier molecular flexibility index (Phi) is 7.68. The van der Waals surface area contributed by atoms with E-state index in [4.69, 9.17) is 9.47 Å². The highest BCUT2D eigenvalue weighted by atomic mass is 16.5. The van der Waals surface area contributed by atoms with Gasteiger partial charge in [-0.3, -0.25) is 4.99 Å². The Morgan fingerprint density at radius 3 is 3.07 bits per heavy atom. The van der Waals surface area contributed by atoms with Crippen LogP contribution in [-0.4, -0.2) is 55.0 Å². The maximum absolute atomic E-state index is 5.77. The van der Waals surface area contributed by atoms with Crippen LogP contribution in [0.4, 0.5) is 0 Å². The van der Waals surface area contributed by atoms with Gasteiger partial charge < -0.3 is 24.7 Å². The zero-order valence-corrected chi connectivity index (χ0v) is 15.9. The summed E-state index contributed by atoms with van der Waals surface area (Å²) in [6, 6.07) is 8.54. The summed E-state index contributed by atoms with van der Waals surface area (Å²) in [6.07, 6.45) is 7.83. The van der Waals surface area contributed by atoms with Gasteiger partial charge in [0.1, 0.15) is 0 Å². The summed E-state index contributed by atoms with van der Waals surface area (Å²) in [5.41, 5.74) is 2.48. The van der Waals surface area contributed by atoms with Crippen LogP contribution < -0.4 is 10.6 Å². The number of benzene rings is 1. The third-order valence-corrected chi connectivity index (χ3v) is 4.45. The first-order chi connectivity index (χ1) is 13.3. The van der Waals surface area contributed by atoms with Crippen molar-refractivity contribution in [3.8, 4) is 0 Å². The summed E-state index contributed by atoms with van der Waals surface area (Å²) < 4.78 is 13.1. The van der Waals surface area contributed by atoms with Crippen molar-refractivity contribution in [2.45, 2.75) is 32.0 Å². The smallest absolute Gasteiger partial charge is 0.191 e. The van der Waals surface area contributed by atoms with Crippen LogP contribution in [0.25, 0.3) is 0 Å². The molecule has 0 saturated carbocycles. The number of rotatable bonds is 9. The molecule has 2 aromatic rings. The summed E-state index contributed by atoms with van der Waals surface area (Å²) >= 11 is 0. The second kappa shape index (κ2) is 10.7. The van der Waals surface area contributed by atoms with Crippen LogP contribution in [0.5, 0.6) is 0 Å². The molecule has 0 aliphatic carbocycles. The van der Waals surface area contributed by atoms with Crippen molar-refractivity contribution in [1.82, 2.24) is 20.2 Å². The molecule has 0 amide bonds. The van der Waals surface area contributed by atoms with Crippen LogP contribution in [0.2, 0.25) is 0 Å². The minimum atomic E-state index is 0.275. The number of nitrogens with one attached hydrogen (secondary N) is 2. The molecule has 1 aromatic carbocycles. The quantitative estimate of drug-likeness (QED) is 0.399. The Bertz CT molecular complexity index is 696. The van der Waals surface area contributed by atoms with Crippen molar-refractivity contribution in [2.75, 3.05) is 33.4 Å². The van der Waals surface area contributed by atoms with Crippen LogP contribution in [0.1, 0.15) is 24.0 Å². The van der Waals surface area contributed by atoms with E-state index in [-0.39, 0.29) is 6.10 Å². The molecule has 2 heterocycles. The van der Waals surface area contributed by atoms with Gasteiger partial charge in [-0.15, -0.1) is 0 Å². The first kappa shape index (κ1) is 19.4. The number of hydrogen-bond donors (Lipinski definition) is 2. The lowest BCUT2D eigenvalue weighted by Gasteiger charge is -2.13. The lowest BCUT2D eigenvalue weighted by Crippen LogP contribution is -2.37. The molecule has 0 radical (unpaired) electrons. The molecule has 0 bridgehead atoms. The minimum absolute atomic E-state index is 0.275. The molecular formula is C20H29N5O2. The number of aromatic nitrogens is 2. The SMILES string of the molecule is CN=C(NCCCOC1CCOC1)NCc1cccc(Cn2ccnc2)c1. The van der Waals surface area contributed by atoms with Gasteiger partial charge in [0.15, 0.2) is 5.96 Å². The van der Waals surface area contributed by atoms with E-state index in [1.807, 2.05) is 12.5 Å². The van der Waals surface area contributed by atoms with Crippen molar-refractivity contribution in [3.63, 3.8) is 0 Å². The summed E-state index contributed by atoms with van der Waals surface area (Å²) in [7, 11) is 1.79. The van der Waals surface area contributed by atoms with E-state index >= 15 is 0 Å². The molecule has 2 N–H and O–H groups in total. The molecule has 3 rings (SSSR count). The van der Waals surface area contributed by atoms with Gasteiger partial charge in [0.25, 0.3) is 0 Å². The van der Waals surface area contributed by atoms with Crippen molar-refractivity contribution in [3.05, 3.63) is 54.1 Å². The molecule has 7 nitrogen and oxygen atoms in total. The zero-order valence-electron chi connectivity index (χ0n) is 15.9. The minimum Gasteiger partial charge on any atom is -0.379 e. The topological polar surface area (TPSA) is 72.7 Å². The standard InChI is InChI=1S/C20H29N5O2/c1-21-20(23-7-3-10-27-19-6-11-26-15-19)24-13-17-4-2-5-18(12-17)14-25-9-8-22-16-25/h2,4-5,8-9,12,16,19H,3,6-7,10-11,13-15H2,1H3,(H2,21,23,24). The van der Waals surface area contributed by atoms with Crippen LogP contribution in [-0.2, 0) is 22.6 Å². The van der Waals surface area contributed by atoms with Gasteiger partial charge in [-0.2, -0.15) is 0 Å². The lowest BCUT2D eigenvalue weighted by molar-refractivity contribution is 0.0420. The fourth-order valence-corrected chi connectivity index (χ4v) is 3.01. The molecule has 1 aliphatic heterocycles. The van der Waals surface area contributed by atoms with Crippen molar-refractivity contribution in [1.29, 1.82) is 0 Å². The molecule has 1 saturated heterocycles. The number of ether oxygens (including phenoxy) is 2. The average Bonchev–Trinajstić information content (AvgIpc) is 3.38. The van der Waals surface area contributed by atoms with Crippen LogP contribution in [0.3, 0.4) is 0 Å². The molecule has 0 spiro atoms. The summed E-state index contributed by atoms with van der Waals surface area (Å²) in [4.78, 5) is 8.37. The van der Waals surface area contributed by atoms with E-state index < -0.39 is 0 Å². The van der Waals surface area contributed by atoms with E-state index in [0.29, 0.717) is 0 Å². The van der Waals surface area contributed by atoms with Gasteiger partial charge in [0.05, 0.1) is 19.0 Å². The lowest BCUT2D eigenvalue weighted by atomic mass is 10.1. The average molecular weight is 371 g/mol. The molecule has 1 aromatic heterocycles. The first-order valence-electron chi connectivity index (χ1n) is 9.51. The van der Waals surface area contributed by atoms with Crippen molar-refractivity contribution >= 4 is 5.96 Å². The Hall–Kier alpha value is -2.38. The predicted octanol–water partition coefficient (Wildman–Crippen LogP) is 1.79. The van der Waals surface area contributed by atoms with Gasteiger partial charge in [0, 0.05) is 52.3 Å². The van der Waals surface area contributed by atoms with Gasteiger partial charge >= 0.3 is 0 Å². The largest absolute Gasteiger partial charge is 0.379 e. The third-order valence-electron chi connectivity index (χ3n) is 4.45. The Labute approximate surface area is 160 Å². The number of nitrogens with zero attached hydrogens (tertiary/aromatic N) is 3. The van der Waals surface area contributed by atoms with Gasteiger partial charge in [-0.25, -0.2) is 4.98 Å². The number of guanidine groups is 1. The first-order valence-corrected chi connectivity index (χ1v) is 9.51. The fraction of sp³-hybridized carbons (Fsp3) is 0.500. The molecule has 1 aliphatic rings. The predicted molar refractivity (Wildman–Crippen MR) is 106 cm³/mol. The second-order valence-electron chi connectivity index (χ2n) is 6.62. The molecule has 27 heavy (non-hydrogen) atoms. The van der Waals surface area contributed by atoms with E-state index in [1.165, 1.54) is 11.1 Å². The van der Waals surface area contributed by atoms with Gasteiger partial charge in [0.2, 0.25) is 0 Å². The monoisotopic (exact) mass is 371 g/mol. The molecule has 7 heteroatoms. The summed E-state index contributed by atoms with van der Waals surface area (Å²) in [6.45, 7) is 4.68. The Balaban J connectivity index is 1.36. The molecule has 146 valence electrons. The highest BCUT2D eigenvalue weighted by Gasteiger charge is 2.15. The normalized spacial score (nSPS) is 17.2. The zero-order chi connectivity index (χ0) is 18.7. The molecule has 1 unspecified atom stereocenters. The summed E-state index contributed by atoms with van der Waals surface area (Å²) in [5, 5.41) is 6.69. The fourth-order valence-electron chi connectivity index (χ4n) is 3.01. The highest BCUT2D eigenvalue weighted by molar-refractivity contribution is 5.79. The summed E-state index contributed by atoms with van der Waals surface area (Å²) in [5.74, 6) is 0.805. The number of imidazole rings is 1. The van der Waals surface area contributed by atoms with Crippen molar-refractivity contribution in [2.24, 2.45) is 4.99 Å². The van der Waals surface area contributed by atoms with E-state index in [9.17, 15) is 0 Å². The Morgan fingerprint density at radius 1 is 1.37 bits per heavy atom. The number of aliphatic imine (C=N–C) groups is 1. The maximum atomic E-state index is 5.77. The molecule has 1 fully saturated rings. The maximum Gasteiger partial charge on any atom is 0.191 e. The van der Waals surface area contributed by atoms with E-state index in [2.05, 4.69) is 49.4 Å². The Morgan fingerprint density at radius 2 is 2.30 bits per heavy atom. The van der Waals surface area contributed by atoms with Crippen LogP contribution in [0.15, 0.2) is 48.0 Å². The van der Waals surface area contributed by atoms with Crippen LogP contribution in [0, 0.1) is 0 Å². The van der Waals surface area contributed by atoms with Gasteiger partial charge in [-0.1, -0.05) is 24.3 Å². The number of hydrogen-bond acceptors (Lipinski definition) is 4. The van der Waals surface area contributed by atoms with E-state index in [0.717, 1.165) is 58.3 Å². The second-order valence-corrected chi connectivity index (χ2v) is 6.62. The van der Waals surface area contributed by atoms with Crippen molar-refractivity contribution < 1.29 is 9.47 Å².